The summed E-state index contributed by atoms with van der Waals surface area (Å²) in [7, 11) is 3.21. The van der Waals surface area contributed by atoms with Gasteiger partial charge < -0.3 is 0 Å². The zero-order chi connectivity index (χ0) is 14.2. The van der Waals surface area contributed by atoms with Crippen molar-refractivity contribution in [2.24, 2.45) is 52.8 Å². The third-order valence-corrected chi connectivity index (χ3v) is 9.68. The molecule has 11 atom stereocenters. The molecule has 0 N–H and O–H groups in total. The summed E-state index contributed by atoms with van der Waals surface area (Å²) in [6.45, 7) is 10.1. The molecule has 0 nitrogen and oxygen atoms in total. The van der Waals surface area contributed by atoms with E-state index in [1.807, 2.05) is 0 Å². The van der Waals surface area contributed by atoms with Gasteiger partial charge in [0.2, 0.25) is 0 Å². The van der Waals surface area contributed by atoms with Gasteiger partial charge in [0.1, 0.15) is 0 Å². The molecule has 4 fully saturated rings. The lowest BCUT2D eigenvalue weighted by atomic mass is 9.40. The van der Waals surface area contributed by atoms with Crippen LogP contribution in [0.25, 0.3) is 0 Å². The maximum Gasteiger partial charge on any atom is -0.0202 e. The Morgan fingerprint density at radius 1 is 1.15 bits per heavy atom. The van der Waals surface area contributed by atoms with E-state index in [1.165, 1.54) is 12.8 Å². The van der Waals surface area contributed by atoms with Crippen molar-refractivity contribution in [2.45, 2.75) is 65.5 Å². The first-order valence-electron chi connectivity index (χ1n) is 9.24. The molecule has 0 bridgehead atoms. The average molecular weight is 292 g/mol. The molecule has 4 aliphatic carbocycles. The molecule has 114 valence electrons. The van der Waals surface area contributed by atoms with Crippen molar-refractivity contribution in [2.75, 3.05) is 0 Å². The Bertz CT molecular complexity index is 405. The zero-order valence-electron chi connectivity index (χ0n) is 13.8. The second-order valence-corrected chi connectivity index (χ2v) is 9.93. The van der Waals surface area contributed by atoms with Gasteiger partial charge in [0, 0.05) is 0 Å². The summed E-state index contributed by atoms with van der Waals surface area (Å²) in [5.74, 6) is 8.51. The van der Waals surface area contributed by atoms with Crippen LogP contribution in [0.4, 0.5) is 0 Å². The molecule has 0 aromatic carbocycles. The van der Waals surface area contributed by atoms with Crippen molar-refractivity contribution in [3.05, 3.63) is 0 Å². The van der Waals surface area contributed by atoms with E-state index in [9.17, 15) is 0 Å². The molecule has 0 aliphatic heterocycles. The van der Waals surface area contributed by atoms with Gasteiger partial charge in [0.15, 0.2) is 0 Å². The molecular weight excluding hydrogens is 259 g/mol. The van der Waals surface area contributed by atoms with Crippen LogP contribution in [0.15, 0.2) is 0 Å². The molecular formula is C19H33P. The fourth-order valence-corrected chi connectivity index (χ4v) is 8.26. The van der Waals surface area contributed by atoms with Gasteiger partial charge in [-0.1, -0.05) is 40.5 Å². The normalized spacial score (nSPS) is 63.8. The maximum absolute atomic E-state index is 3.21. The van der Waals surface area contributed by atoms with Crippen LogP contribution in [-0.4, -0.2) is 5.66 Å². The Balaban J connectivity index is 1.48. The minimum absolute atomic E-state index is 0.725. The Kier molecular flexibility index (Phi) is 3.14. The fraction of sp³-hybridized carbons (Fsp3) is 1.00. The first kappa shape index (κ1) is 14.0. The molecule has 0 aromatic heterocycles. The molecule has 11 unspecified atom stereocenters. The lowest BCUT2D eigenvalue weighted by molar-refractivity contribution is -0.156. The summed E-state index contributed by atoms with van der Waals surface area (Å²) in [6.07, 6.45) is 7.58. The van der Waals surface area contributed by atoms with Crippen molar-refractivity contribution >= 4 is 9.24 Å². The summed E-state index contributed by atoms with van der Waals surface area (Å²) < 4.78 is 0. The predicted octanol–water partition coefficient (Wildman–Crippen LogP) is 5.23. The fourth-order valence-electron chi connectivity index (χ4n) is 7.45. The molecule has 20 heavy (non-hydrogen) atoms. The molecule has 0 amide bonds. The highest BCUT2D eigenvalue weighted by Crippen LogP contribution is 2.75. The van der Waals surface area contributed by atoms with E-state index in [1.54, 1.807) is 19.3 Å². The lowest BCUT2D eigenvalue weighted by Gasteiger charge is -2.65. The minimum Gasteiger partial charge on any atom is -0.134 e. The maximum atomic E-state index is 3.21. The van der Waals surface area contributed by atoms with E-state index in [0.29, 0.717) is 0 Å². The highest BCUT2D eigenvalue weighted by Gasteiger charge is 2.69. The smallest absolute Gasteiger partial charge is 0.0202 e. The molecule has 4 aliphatic rings. The average Bonchev–Trinajstić information content (AvgIpc) is 2.73. The van der Waals surface area contributed by atoms with Crippen LogP contribution in [-0.2, 0) is 0 Å². The van der Waals surface area contributed by atoms with Crippen molar-refractivity contribution in [3.8, 4) is 0 Å². The Morgan fingerprint density at radius 2 is 1.90 bits per heavy atom. The quantitative estimate of drug-likeness (QED) is 0.625. The zero-order valence-corrected chi connectivity index (χ0v) is 15.0. The van der Waals surface area contributed by atoms with Crippen LogP contribution in [0, 0.1) is 52.8 Å². The van der Waals surface area contributed by atoms with E-state index >= 15 is 0 Å². The third-order valence-electron chi connectivity index (χ3n) is 8.62. The molecule has 0 spiro atoms. The van der Waals surface area contributed by atoms with E-state index in [2.05, 4.69) is 36.9 Å². The summed E-state index contributed by atoms with van der Waals surface area (Å²) >= 11 is 0. The van der Waals surface area contributed by atoms with Crippen LogP contribution >= 0.6 is 9.24 Å². The van der Waals surface area contributed by atoms with Crippen molar-refractivity contribution < 1.29 is 0 Å². The van der Waals surface area contributed by atoms with E-state index in [0.717, 1.165) is 58.4 Å². The molecule has 0 radical (unpaired) electrons. The van der Waals surface area contributed by atoms with Gasteiger partial charge in [-0.3, -0.25) is 0 Å². The van der Waals surface area contributed by atoms with Crippen LogP contribution in [0.2, 0.25) is 0 Å². The van der Waals surface area contributed by atoms with Crippen molar-refractivity contribution in [1.82, 2.24) is 0 Å². The number of fused-ring (bicyclic) bond motifs is 3. The number of rotatable bonds is 3. The van der Waals surface area contributed by atoms with Crippen LogP contribution in [0.1, 0.15) is 59.8 Å². The molecule has 0 saturated heterocycles. The third kappa shape index (κ3) is 1.53. The largest absolute Gasteiger partial charge is 0.134 e. The lowest BCUT2D eigenvalue weighted by Crippen LogP contribution is -2.60. The van der Waals surface area contributed by atoms with Crippen molar-refractivity contribution in [3.63, 3.8) is 0 Å². The second-order valence-electron chi connectivity index (χ2n) is 9.16. The highest BCUT2D eigenvalue weighted by molar-refractivity contribution is 7.17. The Labute approximate surface area is 128 Å². The summed E-state index contributed by atoms with van der Waals surface area (Å²) in [4.78, 5) is 0. The Hall–Kier alpha value is 0.430. The van der Waals surface area contributed by atoms with Crippen LogP contribution in [0.3, 0.4) is 0 Å². The molecule has 4 saturated carbocycles. The van der Waals surface area contributed by atoms with Gasteiger partial charge in [-0.15, -0.1) is 9.24 Å². The van der Waals surface area contributed by atoms with Gasteiger partial charge in [0.05, 0.1) is 0 Å². The SMILES string of the molecule is CCCC1CC(C2(C)CC3CC4C(C)C(P)C4C32)C1C. The minimum atomic E-state index is 0.725. The van der Waals surface area contributed by atoms with E-state index < -0.39 is 0 Å². The van der Waals surface area contributed by atoms with Gasteiger partial charge in [-0.2, -0.15) is 0 Å². The van der Waals surface area contributed by atoms with Crippen molar-refractivity contribution in [1.29, 1.82) is 0 Å². The molecule has 0 aromatic rings. The van der Waals surface area contributed by atoms with Gasteiger partial charge in [-0.25, -0.2) is 0 Å². The molecule has 4 rings (SSSR count). The van der Waals surface area contributed by atoms with Crippen LogP contribution < -0.4 is 0 Å². The predicted molar refractivity (Wildman–Crippen MR) is 89.6 cm³/mol. The Morgan fingerprint density at radius 3 is 2.55 bits per heavy atom. The molecule has 1 heteroatoms. The number of hydrogen-bond donors (Lipinski definition) is 0. The standard InChI is InChI=1S/C19H33P/c1-5-6-12-8-15(10(12)2)19(4)9-13-7-14-11(3)18(20)16(14)17(13)19/h10-18H,5-9,20H2,1-4H3. The van der Waals surface area contributed by atoms with E-state index in [-0.39, 0.29) is 0 Å². The van der Waals surface area contributed by atoms with E-state index in [4.69, 9.17) is 0 Å². The summed E-state index contributed by atoms with van der Waals surface area (Å²) in [6, 6.07) is 0. The first-order chi connectivity index (χ1) is 9.49. The van der Waals surface area contributed by atoms with Crippen LogP contribution in [0.5, 0.6) is 0 Å². The van der Waals surface area contributed by atoms with Gasteiger partial charge >= 0.3 is 0 Å². The monoisotopic (exact) mass is 292 g/mol. The second kappa shape index (κ2) is 4.47. The topological polar surface area (TPSA) is 0 Å². The summed E-state index contributed by atoms with van der Waals surface area (Å²) in [5, 5.41) is 0. The van der Waals surface area contributed by atoms with Gasteiger partial charge in [0.25, 0.3) is 0 Å². The highest BCUT2D eigenvalue weighted by atomic mass is 31.0. The van der Waals surface area contributed by atoms with Gasteiger partial charge in [-0.05, 0) is 77.7 Å². The first-order valence-corrected chi connectivity index (χ1v) is 9.91. The number of hydrogen-bond acceptors (Lipinski definition) is 0. The summed E-state index contributed by atoms with van der Waals surface area (Å²) in [5.41, 5.74) is 1.67. The molecule has 0 heterocycles.